The van der Waals surface area contributed by atoms with Crippen LogP contribution in [-0.2, 0) is 12.8 Å². The second kappa shape index (κ2) is 5.82. The Balaban J connectivity index is 2.32. The van der Waals surface area contributed by atoms with Gasteiger partial charge < -0.3 is 0 Å². The molecular formula is C18H17ClN2. The molecule has 0 unspecified atom stereocenters. The number of aromatic nitrogens is 2. The van der Waals surface area contributed by atoms with E-state index in [2.05, 4.69) is 48.3 Å². The van der Waals surface area contributed by atoms with E-state index in [1.807, 2.05) is 18.2 Å². The second-order valence-corrected chi connectivity index (χ2v) is 5.44. The fourth-order valence-electron chi connectivity index (χ4n) is 2.64. The number of hydrogen-bond donors (Lipinski definition) is 0. The van der Waals surface area contributed by atoms with Gasteiger partial charge in [0.1, 0.15) is 5.69 Å². The Morgan fingerprint density at radius 3 is 2.38 bits per heavy atom. The number of hydrogen-bond acceptors (Lipinski definition) is 2. The maximum atomic E-state index is 6.18. The van der Waals surface area contributed by atoms with E-state index in [1.54, 1.807) is 0 Å². The average Bonchev–Trinajstić information content (AvgIpc) is 2.55. The monoisotopic (exact) mass is 296 g/mol. The minimum absolute atomic E-state index is 0.457. The molecule has 0 bridgehead atoms. The molecule has 21 heavy (non-hydrogen) atoms. The molecule has 0 aliphatic rings. The quantitative estimate of drug-likeness (QED) is 0.674. The number of nitrogens with zero attached hydrogens (tertiary/aromatic N) is 2. The van der Waals surface area contributed by atoms with E-state index in [0.717, 1.165) is 34.9 Å². The predicted octanol–water partition coefficient (Wildman–Crippen LogP) is 5.08. The summed E-state index contributed by atoms with van der Waals surface area (Å²) >= 11 is 6.18. The van der Waals surface area contributed by atoms with Crippen molar-refractivity contribution >= 4 is 22.4 Å². The minimum Gasteiger partial charge on any atom is -0.148 e. The van der Waals surface area contributed by atoms with Gasteiger partial charge in [-0.1, -0.05) is 61.8 Å². The summed E-state index contributed by atoms with van der Waals surface area (Å²) in [6.45, 7) is 4.33. The third kappa shape index (κ3) is 2.52. The molecule has 2 aromatic carbocycles. The van der Waals surface area contributed by atoms with Crippen LogP contribution >= 0.6 is 11.6 Å². The maximum absolute atomic E-state index is 6.18. The highest BCUT2D eigenvalue weighted by Gasteiger charge is 2.12. The van der Waals surface area contributed by atoms with Crippen molar-refractivity contribution in [2.24, 2.45) is 0 Å². The van der Waals surface area contributed by atoms with Gasteiger partial charge in [0.15, 0.2) is 5.15 Å². The summed E-state index contributed by atoms with van der Waals surface area (Å²) in [5.41, 5.74) is 4.68. The highest BCUT2D eigenvalue weighted by molar-refractivity contribution is 6.34. The van der Waals surface area contributed by atoms with E-state index in [1.165, 1.54) is 11.1 Å². The third-order valence-corrected chi connectivity index (χ3v) is 4.14. The third-order valence-electron chi connectivity index (χ3n) is 3.86. The van der Waals surface area contributed by atoms with Crippen molar-refractivity contribution in [2.75, 3.05) is 0 Å². The van der Waals surface area contributed by atoms with Crippen molar-refractivity contribution in [3.05, 3.63) is 58.7 Å². The molecule has 0 aliphatic carbocycles. The molecule has 1 aromatic heterocycles. The van der Waals surface area contributed by atoms with Crippen LogP contribution in [0.25, 0.3) is 22.0 Å². The van der Waals surface area contributed by atoms with Crippen molar-refractivity contribution < 1.29 is 0 Å². The molecule has 0 fully saturated rings. The summed E-state index contributed by atoms with van der Waals surface area (Å²) in [6.07, 6.45) is 1.98. The molecule has 3 rings (SSSR count). The van der Waals surface area contributed by atoms with Gasteiger partial charge in [-0.2, -0.15) is 0 Å². The Bertz CT molecular complexity index is 796. The van der Waals surface area contributed by atoms with Crippen molar-refractivity contribution in [3.63, 3.8) is 0 Å². The van der Waals surface area contributed by atoms with E-state index in [9.17, 15) is 0 Å². The molecule has 0 saturated carbocycles. The summed E-state index contributed by atoms with van der Waals surface area (Å²) in [5, 5.41) is 11.0. The molecule has 3 heteroatoms. The SMILES string of the molecule is CCc1ccc(CC)c(-c2nnc(Cl)c3ccccc23)c1. The zero-order valence-electron chi connectivity index (χ0n) is 12.2. The number of rotatable bonds is 3. The molecule has 0 atom stereocenters. The number of halogens is 1. The zero-order chi connectivity index (χ0) is 14.8. The summed E-state index contributed by atoms with van der Waals surface area (Å²) in [7, 11) is 0. The molecule has 0 amide bonds. The van der Waals surface area contributed by atoms with Gasteiger partial charge in [0.25, 0.3) is 0 Å². The van der Waals surface area contributed by atoms with Crippen LogP contribution in [0.5, 0.6) is 0 Å². The summed E-state index contributed by atoms with van der Waals surface area (Å²) < 4.78 is 0. The minimum atomic E-state index is 0.457. The van der Waals surface area contributed by atoms with Gasteiger partial charge in [-0.05, 0) is 30.0 Å². The first-order chi connectivity index (χ1) is 10.2. The van der Waals surface area contributed by atoms with Gasteiger partial charge in [0.05, 0.1) is 0 Å². The van der Waals surface area contributed by atoms with Crippen molar-refractivity contribution in [1.82, 2.24) is 10.2 Å². The van der Waals surface area contributed by atoms with Crippen LogP contribution in [0.15, 0.2) is 42.5 Å². The maximum Gasteiger partial charge on any atom is 0.159 e. The Kier molecular flexibility index (Phi) is 3.89. The van der Waals surface area contributed by atoms with E-state index < -0.39 is 0 Å². The first-order valence-electron chi connectivity index (χ1n) is 7.27. The summed E-state index contributed by atoms with van der Waals surface area (Å²) in [5.74, 6) is 0. The van der Waals surface area contributed by atoms with E-state index in [4.69, 9.17) is 11.6 Å². The Labute approximate surface area is 129 Å². The van der Waals surface area contributed by atoms with Gasteiger partial charge >= 0.3 is 0 Å². The average molecular weight is 297 g/mol. The number of aryl methyl sites for hydroxylation is 2. The second-order valence-electron chi connectivity index (χ2n) is 5.08. The van der Waals surface area contributed by atoms with Crippen LogP contribution in [0.1, 0.15) is 25.0 Å². The van der Waals surface area contributed by atoms with Crippen LogP contribution in [0.4, 0.5) is 0 Å². The molecule has 1 heterocycles. The van der Waals surface area contributed by atoms with E-state index in [0.29, 0.717) is 5.15 Å². The highest BCUT2D eigenvalue weighted by Crippen LogP contribution is 2.32. The van der Waals surface area contributed by atoms with Crippen LogP contribution in [0, 0.1) is 0 Å². The molecule has 0 radical (unpaired) electrons. The van der Waals surface area contributed by atoms with E-state index >= 15 is 0 Å². The molecule has 2 nitrogen and oxygen atoms in total. The first-order valence-corrected chi connectivity index (χ1v) is 7.65. The highest BCUT2D eigenvalue weighted by atomic mass is 35.5. The number of fused-ring (bicyclic) bond motifs is 1. The van der Waals surface area contributed by atoms with Gasteiger partial charge in [0, 0.05) is 16.3 Å². The number of benzene rings is 2. The molecule has 0 aliphatic heterocycles. The van der Waals surface area contributed by atoms with Gasteiger partial charge in [-0.3, -0.25) is 0 Å². The molecular weight excluding hydrogens is 280 g/mol. The van der Waals surface area contributed by atoms with Crippen LogP contribution < -0.4 is 0 Å². The predicted molar refractivity (Wildman–Crippen MR) is 88.7 cm³/mol. The van der Waals surface area contributed by atoms with Gasteiger partial charge in [-0.15, -0.1) is 10.2 Å². The zero-order valence-corrected chi connectivity index (χ0v) is 13.0. The van der Waals surface area contributed by atoms with Crippen LogP contribution in [-0.4, -0.2) is 10.2 Å². The lowest BCUT2D eigenvalue weighted by Gasteiger charge is -2.12. The molecule has 106 valence electrons. The van der Waals surface area contributed by atoms with Crippen molar-refractivity contribution in [1.29, 1.82) is 0 Å². The van der Waals surface area contributed by atoms with Crippen LogP contribution in [0.3, 0.4) is 0 Å². The van der Waals surface area contributed by atoms with Crippen molar-refractivity contribution in [3.8, 4) is 11.3 Å². The first kappa shape index (κ1) is 14.0. The summed E-state index contributed by atoms with van der Waals surface area (Å²) in [4.78, 5) is 0. The Hall–Kier alpha value is -1.93. The lowest BCUT2D eigenvalue weighted by atomic mass is 9.96. The van der Waals surface area contributed by atoms with E-state index in [-0.39, 0.29) is 0 Å². The largest absolute Gasteiger partial charge is 0.159 e. The van der Waals surface area contributed by atoms with Crippen LogP contribution in [0.2, 0.25) is 5.15 Å². The lowest BCUT2D eigenvalue weighted by Crippen LogP contribution is -1.96. The standard InChI is InChI=1S/C18H17ClN2/c1-3-12-9-10-13(4-2)16(11-12)17-14-7-5-6-8-15(14)18(19)21-20-17/h5-11H,3-4H2,1-2H3. The Morgan fingerprint density at radius 1 is 0.905 bits per heavy atom. The molecule has 0 N–H and O–H groups in total. The topological polar surface area (TPSA) is 25.8 Å². The normalized spacial score (nSPS) is 11.0. The van der Waals surface area contributed by atoms with Gasteiger partial charge in [0.2, 0.25) is 0 Å². The van der Waals surface area contributed by atoms with Crippen molar-refractivity contribution in [2.45, 2.75) is 26.7 Å². The lowest BCUT2D eigenvalue weighted by molar-refractivity contribution is 1.04. The smallest absolute Gasteiger partial charge is 0.148 e. The fraction of sp³-hybridized carbons (Fsp3) is 0.222. The molecule has 0 spiro atoms. The fourth-order valence-corrected chi connectivity index (χ4v) is 2.84. The molecule has 3 aromatic rings. The Morgan fingerprint density at radius 2 is 1.67 bits per heavy atom. The van der Waals surface area contributed by atoms with Gasteiger partial charge in [-0.25, -0.2) is 0 Å². The summed E-state index contributed by atoms with van der Waals surface area (Å²) in [6, 6.07) is 14.6. The molecule has 0 saturated heterocycles.